The number of nitrogens with zero attached hydrogens (tertiary/aromatic N) is 2. The van der Waals surface area contributed by atoms with Gasteiger partial charge in [0.15, 0.2) is 0 Å². The predicted molar refractivity (Wildman–Crippen MR) is 104 cm³/mol. The highest BCUT2D eigenvalue weighted by atomic mass is 16.6. The van der Waals surface area contributed by atoms with Crippen LogP contribution in [0.2, 0.25) is 0 Å². The molecule has 1 fully saturated rings. The molecule has 1 N–H and O–H groups in total. The van der Waals surface area contributed by atoms with E-state index in [9.17, 15) is 9.59 Å². The fourth-order valence-electron chi connectivity index (χ4n) is 4.27. The first-order chi connectivity index (χ1) is 13.1. The minimum atomic E-state index is -0.294. The molecule has 0 spiro atoms. The molecule has 0 radical (unpaired) electrons. The quantitative estimate of drug-likeness (QED) is 0.884. The molecule has 4 rings (SSSR count). The van der Waals surface area contributed by atoms with Gasteiger partial charge in [-0.1, -0.05) is 19.1 Å². The summed E-state index contributed by atoms with van der Waals surface area (Å²) in [5.41, 5.74) is 4.37. The molecular weight excluding hydrogens is 342 g/mol. The molecule has 1 aliphatic carbocycles. The Labute approximate surface area is 159 Å². The van der Waals surface area contributed by atoms with Gasteiger partial charge in [0.2, 0.25) is 0 Å². The Bertz CT molecular complexity index is 865. The lowest BCUT2D eigenvalue weighted by Crippen LogP contribution is -2.50. The van der Waals surface area contributed by atoms with E-state index in [2.05, 4.69) is 18.0 Å². The fraction of sp³-hybridized carbons (Fsp3) is 0.524. The topological polar surface area (TPSA) is 65.6 Å². The number of carbonyl (C=O) groups excluding carboxylic acids is 2. The van der Waals surface area contributed by atoms with Crippen LogP contribution >= 0.6 is 0 Å². The van der Waals surface area contributed by atoms with E-state index in [1.807, 2.05) is 17.0 Å². The van der Waals surface area contributed by atoms with Crippen molar-refractivity contribution in [3.63, 3.8) is 0 Å². The van der Waals surface area contributed by atoms with Crippen LogP contribution in [0.3, 0.4) is 0 Å². The van der Waals surface area contributed by atoms with Crippen molar-refractivity contribution in [3.8, 4) is 0 Å². The van der Waals surface area contributed by atoms with Gasteiger partial charge < -0.3 is 19.5 Å². The number of nitrogens with one attached hydrogen (secondary N) is 1. The molecule has 2 aromatic rings. The number of aryl methyl sites for hydroxylation is 1. The Balaban J connectivity index is 1.55. The van der Waals surface area contributed by atoms with Gasteiger partial charge in [-0.25, -0.2) is 4.79 Å². The van der Waals surface area contributed by atoms with Gasteiger partial charge in [0, 0.05) is 37.3 Å². The second-order valence-electron chi connectivity index (χ2n) is 7.64. The van der Waals surface area contributed by atoms with Crippen LogP contribution < -0.4 is 0 Å². The molecule has 1 atom stereocenters. The van der Waals surface area contributed by atoms with Gasteiger partial charge in [0.25, 0.3) is 5.91 Å². The summed E-state index contributed by atoms with van der Waals surface area (Å²) in [6, 6.07) is 6.02. The fourth-order valence-corrected chi connectivity index (χ4v) is 4.27. The third kappa shape index (κ3) is 3.29. The SMILES string of the molecule is CCOC(=O)N1CCN(C(=O)c2cccc3c4c([nH]c23)CC[C@@H](C)C4)CC1. The maximum atomic E-state index is 13.2. The molecule has 0 saturated carbocycles. The molecule has 0 unspecified atom stereocenters. The number of rotatable bonds is 2. The lowest BCUT2D eigenvalue weighted by atomic mass is 9.87. The number of H-pyrrole nitrogens is 1. The molecule has 6 heteroatoms. The molecule has 0 bridgehead atoms. The van der Waals surface area contributed by atoms with Crippen molar-refractivity contribution >= 4 is 22.9 Å². The number of ether oxygens (including phenoxy) is 1. The average molecular weight is 369 g/mol. The van der Waals surface area contributed by atoms with E-state index >= 15 is 0 Å². The van der Waals surface area contributed by atoms with E-state index in [1.165, 1.54) is 23.1 Å². The molecule has 1 saturated heterocycles. The Morgan fingerprint density at radius 2 is 1.93 bits per heavy atom. The van der Waals surface area contributed by atoms with Gasteiger partial charge in [-0.3, -0.25) is 4.79 Å². The number of benzene rings is 1. The Morgan fingerprint density at radius 3 is 2.67 bits per heavy atom. The molecule has 2 amide bonds. The summed E-state index contributed by atoms with van der Waals surface area (Å²) in [6.45, 7) is 6.56. The second-order valence-corrected chi connectivity index (χ2v) is 7.64. The molecule has 144 valence electrons. The van der Waals surface area contributed by atoms with Crippen molar-refractivity contribution in [1.82, 2.24) is 14.8 Å². The number of hydrogen-bond acceptors (Lipinski definition) is 3. The van der Waals surface area contributed by atoms with Crippen LogP contribution in [-0.4, -0.2) is 59.6 Å². The van der Waals surface area contributed by atoms with Crippen molar-refractivity contribution < 1.29 is 14.3 Å². The summed E-state index contributed by atoms with van der Waals surface area (Å²) in [6.07, 6.45) is 3.03. The van der Waals surface area contributed by atoms with Crippen molar-refractivity contribution in [2.24, 2.45) is 5.92 Å². The molecule has 2 heterocycles. The van der Waals surface area contributed by atoms with Crippen LogP contribution in [-0.2, 0) is 17.6 Å². The third-order valence-electron chi connectivity index (χ3n) is 5.79. The number of amides is 2. The zero-order valence-electron chi connectivity index (χ0n) is 16.1. The van der Waals surface area contributed by atoms with E-state index in [0.29, 0.717) is 38.7 Å². The number of carbonyl (C=O) groups is 2. The van der Waals surface area contributed by atoms with Gasteiger partial charge in [0.05, 0.1) is 17.7 Å². The molecule has 1 aromatic carbocycles. The van der Waals surface area contributed by atoms with Crippen molar-refractivity contribution in [1.29, 1.82) is 0 Å². The first-order valence-corrected chi connectivity index (χ1v) is 9.92. The Kier molecular flexibility index (Phi) is 4.81. The van der Waals surface area contributed by atoms with Crippen molar-refractivity contribution in [2.75, 3.05) is 32.8 Å². The first-order valence-electron chi connectivity index (χ1n) is 9.92. The van der Waals surface area contributed by atoms with Crippen LogP contribution in [0.15, 0.2) is 18.2 Å². The highest BCUT2D eigenvalue weighted by Crippen LogP contribution is 2.33. The minimum Gasteiger partial charge on any atom is -0.450 e. The van der Waals surface area contributed by atoms with E-state index in [-0.39, 0.29) is 12.0 Å². The van der Waals surface area contributed by atoms with E-state index in [1.54, 1.807) is 11.8 Å². The van der Waals surface area contributed by atoms with Gasteiger partial charge in [-0.05, 0) is 43.7 Å². The number of piperazine rings is 1. The standard InChI is InChI=1S/C21H27N3O3/c1-3-27-21(26)24-11-9-23(10-12-24)20(25)16-6-4-5-15-17-13-14(2)7-8-18(17)22-19(15)16/h4-6,14,22H,3,7-13H2,1-2H3/t14-/m1/s1. The molecule has 1 aromatic heterocycles. The van der Waals surface area contributed by atoms with Crippen molar-refractivity contribution in [3.05, 3.63) is 35.0 Å². The van der Waals surface area contributed by atoms with Gasteiger partial charge in [-0.15, -0.1) is 0 Å². The smallest absolute Gasteiger partial charge is 0.409 e. The van der Waals surface area contributed by atoms with E-state index < -0.39 is 0 Å². The highest BCUT2D eigenvalue weighted by molar-refractivity contribution is 6.07. The van der Waals surface area contributed by atoms with E-state index in [0.717, 1.165) is 23.9 Å². The van der Waals surface area contributed by atoms with Crippen LogP contribution in [0.1, 0.15) is 41.9 Å². The third-order valence-corrected chi connectivity index (χ3v) is 5.79. The van der Waals surface area contributed by atoms with Gasteiger partial charge in [0.1, 0.15) is 0 Å². The van der Waals surface area contributed by atoms with Gasteiger partial charge in [-0.2, -0.15) is 0 Å². The second kappa shape index (κ2) is 7.25. The highest BCUT2D eigenvalue weighted by Gasteiger charge is 2.28. The summed E-state index contributed by atoms with van der Waals surface area (Å²) in [7, 11) is 0. The average Bonchev–Trinajstić information content (AvgIpc) is 3.05. The Morgan fingerprint density at radius 1 is 1.19 bits per heavy atom. The lowest BCUT2D eigenvalue weighted by Gasteiger charge is -2.34. The van der Waals surface area contributed by atoms with Crippen LogP contribution in [0.4, 0.5) is 4.79 Å². The van der Waals surface area contributed by atoms with Crippen molar-refractivity contribution in [2.45, 2.75) is 33.1 Å². The summed E-state index contributed by atoms with van der Waals surface area (Å²) in [4.78, 5) is 32.1. The number of fused-ring (bicyclic) bond motifs is 3. The number of aromatic amines is 1. The maximum absolute atomic E-state index is 13.2. The number of para-hydroxylation sites is 1. The summed E-state index contributed by atoms with van der Waals surface area (Å²) < 4.78 is 5.05. The normalized spacial score (nSPS) is 19.9. The summed E-state index contributed by atoms with van der Waals surface area (Å²) in [5.74, 6) is 0.725. The lowest BCUT2D eigenvalue weighted by molar-refractivity contribution is 0.0572. The minimum absolute atomic E-state index is 0.0377. The van der Waals surface area contributed by atoms with Gasteiger partial charge >= 0.3 is 6.09 Å². The predicted octanol–water partition coefficient (Wildman–Crippen LogP) is 3.21. The number of hydrogen-bond donors (Lipinski definition) is 1. The van der Waals surface area contributed by atoms with Crippen LogP contribution in [0, 0.1) is 5.92 Å². The molecular formula is C21H27N3O3. The summed E-state index contributed by atoms with van der Waals surface area (Å²) in [5, 5.41) is 1.19. The zero-order valence-corrected chi connectivity index (χ0v) is 16.1. The Hall–Kier alpha value is -2.50. The molecule has 2 aliphatic rings. The maximum Gasteiger partial charge on any atom is 0.409 e. The number of aromatic nitrogens is 1. The van der Waals surface area contributed by atoms with Crippen LogP contribution in [0.5, 0.6) is 0 Å². The molecule has 27 heavy (non-hydrogen) atoms. The first kappa shape index (κ1) is 17.9. The molecule has 6 nitrogen and oxygen atoms in total. The zero-order chi connectivity index (χ0) is 19.0. The summed E-state index contributed by atoms with van der Waals surface area (Å²) >= 11 is 0. The molecule has 1 aliphatic heterocycles. The van der Waals surface area contributed by atoms with E-state index in [4.69, 9.17) is 4.74 Å². The largest absolute Gasteiger partial charge is 0.450 e. The monoisotopic (exact) mass is 369 g/mol. The van der Waals surface area contributed by atoms with Crippen LogP contribution in [0.25, 0.3) is 10.9 Å².